The Labute approximate surface area is 98.4 Å². The molecule has 5 heteroatoms. The van der Waals surface area contributed by atoms with Gasteiger partial charge in [0, 0.05) is 0 Å². The number of aryl methyl sites for hydroxylation is 1. The zero-order valence-corrected chi connectivity index (χ0v) is 9.34. The second-order valence-electron chi connectivity index (χ2n) is 3.36. The molecule has 0 atom stereocenters. The van der Waals surface area contributed by atoms with Crippen LogP contribution < -0.4 is 10.1 Å². The minimum atomic E-state index is -0.561. The Hall–Kier alpha value is -2.30. The van der Waals surface area contributed by atoms with Gasteiger partial charge in [0.1, 0.15) is 23.4 Å². The number of rotatable bonds is 3. The van der Waals surface area contributed by atoms with E-state index in [0.717, 1.165) is 0 Å². The number of hydrogen-bond acceptors (Lipinski definition) is 4. The number of nitrogens with one attached hydrogen (secondary N) is 1. The molecule has 0 aliphatic carbocycles. The lowest BCUT2D eigenvalue weighted by Gasteiger charge is -2.04. The fraction of sp³-hybridized carbons (Fsp3) is 0.167. The highest BCUT2D eigenvalue weighted by molar-refractivity contribution is 5.86. The van der Waals surface area contributed by atoms with Crippen LogP contribution in [0, 0.1) is 0 Å². The summed E-state index contributed by atoms with van der Waals surface area (Å²) in [6.07, 6.45) is 1.50. The molecule has 0 saturated heterocycles. The van der Waals surface area contributed by atoms with Crippen LogP contribution in [0.4, 0.5) is 10.5 Å². The fourth-order valence-electron chi connectivity index (χ4n) is 1.35. The van der Waals surface area contributed by atoms with E-state index in [4.69, 9.17) is 9.26 Å². The van der Waals surface area contributed by atoms with E-state index < -0.39 is 6.09 Å². The molecule has 1 aromatic heterocycles. The Kier molecular flexibility index (Phi) is 3.40. The monoisotopic (exact) mass is 232 g/mol. The molecule has 0 saturated carbocycles. The van der Waals surface area contributed by atoms with E-state index in [1.165, 1.54) is 6.26 Å². The van der Waals surface area contributed by atoms with Gasteiger partial charge in [0.05, 0.1) is 0 Å². The van der Waals surface area contributed by atoms with Gasteiger partial charge in [-0.25, -0.2) is 4.79 Å². The third-order valence-electron chi connectivity index (χ3n) is 2.17. The summed E-state index contributed by atoms with van der Waals surface area (Å²) in [5, 5.41) is 6.32. The molecule has 0 aliphatic heterocycles. The van der Waals surface area contributed by atoms with E-state index in [1.54, 1.807) is 24.3 Å². The first-order valence-corrected chi connectivity index (χ1v) is 5.26. The number of carbonyl (C=O) groups is 1. The van der Waals surface area contributed by atoms with E-state index in [0.29, 0.717) is 23.6 Å². The minimum Gasteiger partial charge on any atom is -0.410 e. The number of para-hydroxylation sites is 1. The van der Waals surface area contributed by atoms with Crippen molar-refractivity contribution in [3.63, 3.8) is 0 Å². The van der Waals surface area contributed by atoms with Crippen molar-refractivity contribution in [1.82, 2.24) is 5.16 Å². The van der Waals surface area contributed by atoms with Gasteiger partial charge in [0.25, 0.3) is 0 Å². The summed E-state index contributed by atoms with van der Waals surface area (Å²) in [6, 6.07) is 8.83. The molecule has 2 rings (SSSR count). The number of nitrogens with zero attached hydrogens (tertiary/aromatic N) is 1. The van der Waals surface area contributed by atoms with Crippen molar-refractivity contribution in [1.29, 1.82) is 0 Å². The molecule has 0 spiro atoms. The lowest BCUT2D eigenvalue weighted by molar-refractivity contribution is 0.215. The topological polar surface area (TPSA) is 64.4 Å². The van der Waals surface area contributed by atoms with Crippen LogP contribution in [0.5, 0.6) is 5.75 Å². The maximum absolute atomic E-state index is 11.5. The average Bonchev–Trinajstić information content (AvgIpc) is 2.77. The van der Waals surface area contributed by atoms with Gasteiger partial charge in [0.2, 0.25) is 0 Å². The van der Waals surface area contributed by atoms with Gasteiger partial charge in [-0.2, -0.15) is 0 Å². The molecule has 0 unspecified atom stereocenters. The molecule has 0 bridgehead atoms. The zero-order valence-electron chi connectivity index (χ0n) is 9.34. The molecule has 0 aliphatic rings. The highest BCUT2D eigenvalue weighted by Gasteiger charge is 2.10. The molecule has 0 radical (unpaired) electrons. The molecule has 2 aromatic rings. The van der Waals surface area contributed by atoms with Gasteiger partial charge >= 0.3 is 6.09 Å². The van der Waals surface area contributed by atoms with E-state index in [-0.39, 0.29) is 0 Å². The van der Waals surface area contributed by atoms with Gasteiger partial charge in [-0.3, -0.25) is 5.32 Å². The van der Waals surface area contributed by atoms with Gasteiger partial charge in [-0.05, 0) is 18.6 Å². The summed E-state index contributed by atoms with van der Waals surface area (Å²) in [7, 11) is 0. The summed E-state index contributed by atoms with van der Waals surface area (Å²) in [5.74, 6) is 0.486. The first kappa shape index (κ1) is 11.2. The molecule has 1 heterocycles. The number of anilines is 1. The standard InChI is InChI=1S/C12H12N2O3/c1-2-10-11(8-16-14-10)13-12(15)17-9-6-4-3-5-7-9/h3-8H,2H2,1H3,(H,13,15). The van der Waals surface area contributed by atoms with Crippen molar-refractivity contribution >= 4 is 11.8 Å². The van der Waals surface area contributed by atoms with Gasteiger partial charge in [0.15, 0.2) is 0 Å². The smallest absolute Gasteiger partial charge is 0.410 e. The number of amides is 1. The molecule has 17 heavy (non-hydrogen) atoms. The normalized spacial score (nSPS) is 9.94. The van der Waals surface area contributed by atoms with E-state index in [1.807, 2.05) is 13.0 Å². The van der Waals surface area contributed by atoms with Crippen molar-refractivity contribution in [2.24, 2.45) is 0 Å². The van der Waals surface area contributed by atoms with Crippen molar-refractivity contribution in [3.05, 3.63) is 42.3 Å². The number of ether oxygens (including phenoxy) is 1. The third kappa shape index (κ3) is 2.84. The van der Waals surface area contributed by atoms with E-state index in [2.05, 4.69) is 10.5 Å². The number of aromatic nitrogens is 1. The summed E-state index contributed by atoms with van der Waals surface area (Å²) >= 11 is 0. The maximum Gasteiger partial charge on any atom is 0.417 e. The molecule has 0 fully saturated rings. The van der Waals surface area contributed by atoms with Crippen molar-refractivity contribution in [3.8, 4) is 5.75 Å². The second kappa shape index (κ2) is 5.16. The average molecular weight is 232 g/mol. The SMILES string of the molecule is CCc1nocc1NC(=O)Oc1ccccc1. The Balaban J connectivity index is 1.98. The Morgan fingerprint density at radius 2 is 2.18 bits per heavy atom. The van der Waals surface area contributed by atoms with E-state index >= 15 is 0 Å². The van der Waals surface area contributed by atoms with Crippen LogP contribution >= 0.6 is 0 Å². The summed E-state index contributed by atoms with van der Waals surface area (Å²) in [6.45, 7) is 1.92. The van der Waals surface area contributed by atoms with Crippen LogP contribution in [-0.4, -0.2) is 11.2 Å². The van der Waals surface area contributed by atoms with Crippen LogP contribution in [0.25, 0.3) is 0 Å². The molecule has 1 amide bonds. The molecule has 1 N–H and O–H groups in total. The minimum absolute atomic E-state index is 0.486. The predicted octanol–water partition coefficient (Wildman–Crippen LogP) is 2.85. The summed E-state index contributed by atoms with van der Waals surface area (Å²) in [5.41, 5.74) is 1.23. The number of benzene rings is 1. The molecule has 88 valence electrons. The Morgan fingerprint density at radius 3 is 2.88 bits per heavy atom. The van der Waals surface area contributed by atoms with Crippen LogP contribution in [-0.2, 0) is 6.42 Å². The first-order chi connectivity index (χ1) is 8.29. The number of hydrogen-bond donors (Lipinski definition) is 1. The first-order valence-electron chi connectivity index (χ1n) is 5.26. The predicted molar refractivity (Wildman–Crippen MR) is 62.0 cm³/mol. The summed E-state index contributed by atoms with van der Waals surface area (Å²) < 4.78 is 9.84. The Morgan fingerprint density at radius 1 is 1.41 bits per heavy atom. The number of carbonyl (C=O) groups excluding carboxylic acids is 1. The van der Waals surface area contributed by atoms with Crippen molar-refractivity contribution < 1.29 is 14.1 Å². The van der Waals surface area contributed by atoms with Crippen LogP contribution in [0.2, 0.25) is 0 Å². The van der Waals surface area contributed by atoms with Gasteiger partial charge in [-0.1, -0.05) is 30.3 Å². The van der Waals surface area contributed by atoms with Crippen molar-refractivity contribution in [2.75, 3.05) is 5.32 Å². The molecular weight excluding hydrogens is 220 g/mol. The highest BCUT2D eigenvalue weighted by atomic mass is 16.6. The van der Waals surface area contributed by atoms with Gasteiger partial charge in [-0.15, -0.1) is 0 Å². The zero-order chi connectivity index (χ0) is 12.1. The van der Waals surface area contributed by atoms with Gasteiger partial charge < -0.3 is 9.26 Å². The van der Waals surface area contributed by atoms with Crippen molar-refractivity contribution in [2.45, 2.75) is 13.3 Å². The van der Waals surface area contributed by atoms with Crippen LogP contribution in [0.15, 0.2) is 41.1 Å². The Bertz CT molecular complexity index is 493. The lowest BCUT2D eigenvalue weighted by atomic mass is 10.3. The maximum atomic E-state index is 11.5. The van der Waals surface area contributed by atoms with Crippen LogP contribution in [0.1, 0.15) is 12.6 Å². The molecular formula is C12H12N2O3. The summed E-state index contributed by atoms with van der Waals surface area (Å²) in [4.78, 5) is 11.5. The highest BCUT2D eigenvalue weighted by Crippen LogP contribution is 2.15. The third-order valence-corrected chi connectivity index (χ3v) is 2.17. The molecule has 1 aromatic carbocycles. The van der Waals surface area contributed by atoms with E-state index in [9.17, 15) is 4.79 Å². The second-order valence-corrected chi connectivity index (χ2v) is 3.36. The molecule has 5 nitrogen and oxygen atoms in total. The van der Waals surface area contributed by atoms with Crippen LogP contribution in [0.3, 0.4) is 0 Å². The quantitative estimate of drug-likeness (QED) is 0.883. The largest absolute Gasteiger partial charge is 0.417 e. The lowest BCUT2D eigenvalue weighted by Crippen LogP contribution is -2.17. The fourth-order valence-corrected chi connectivity index (χ4v) is 1.35.